The van der Waals surface area contributed by atoms with Gasteiger partial charge in [-0.1, -0.05) is 93.1 Å². The van der Waals surface area contributed by atoms with Crippen LogP contribution in [0.2, 0.25) is 0 Å². The molecule has 4 nitrogen and oxygen atoms in total. The number of aliphatic hydroxyl groups is 1. The first-order chi connectivity index (χ1) is 16.6. The lowest BCUT2D eigenvalue weighted by molar-refractivity contribution is -0.139. The molecule has 3 aromatic carbocycles. The van der Waals surface area contributed by atoms with Crippen molar-refractivity contribution in [2.24, 2.45) is 0 Å². The molecule has 1 N–H and O–H groups in total. The maximum atomic E-state index is 13.3. The normalized spacial score (nSPS) is 17.7. The number of amides is 1. The Labute approximate surface area is 207 Å². The number of hydrogen-bond donors (Lipinski definition) is 1. The minimum absolute atomic E-state index is 0.0215. The molecule has 0 radical (unpaired) electrons. The molecule has 0 aliphatic carbocycles. The molecule has 1 amide bonds. The van der Waals surface area contributed by atoms with Gasteiger partial charge in [0, 0.05) is 12.1 Å². The lowest BCUT2D eigenvalue weighted by Crippen LogP contribution is -2.31. The molecule has 4 rings (SSSR count). The van der Waals surface area contributed by atoms with Crippen LogP contribution < -0.4 is 0 Å². The molecule has 1 aliphatic rings. The highest BCUT2D eigenvalue weighted by molar-refractivity contribution is 6.46. The molecule has 180 valence electrons. The van der Waals surface area contributed by atoms with Crippen LogP contribution >= 0.6 is 0 Å². The number of Topliss-reactive ketones (excluding diaryl/α,β-unsaturated/α-hetero) is 1. The van der Waals surface area contributed by atoms with E-state index >= 15 is 0 Å². The molecule has 35 heavy (non-hydrogen) atoms. The van der Waals surface area contributed by atoms with Crippen molar-refractivity contribution in [3.63, 3.8) is 0 Å². The summed E-state index contributed by atoms with van der Waals surface area (Å²) in [7, 11) is 0. The van der Waals surface area contributed by atoms with Gasteiger partial charge >= 0.3 is 0 Å². The fourth-order valence-electron chi connectivity index (χ4n) is 4.65. The van der Waals surface area contributed by atoms with Crippen molar-refractivity contribution >= 4 is 17.4 Å². The molecule has 1 heterocycles. The van der Waals surface area contributed by atoms with Crippen LogP contribution in [0.15, 0.2) is 78.4 Å². The van der Waals surface area contributed by atoms with E-state index in [0.29, 0.717) is 18.5 Å². The summed E-state index contributed by atoms with van der Waals surface area (Å²) in [6.45, 7) is 10.7. The third kappa shape index (κ3) is 4.93. The summed E-state index contributed by atoms with van der Waals surface area (Å²) in [6, 6.07) is 23.1. The Kier molecular flexibility index (Phi) is 6.66. The average molecular weight is 468 g/mol. The second-order valence-corrected chi connectivity index (χ2v) is 10.4. The molecule has 1 unspecified atom stereocenters. The van der Waals surface area contributed by atoms with Crippen LogP contribution in [0.4, 0.5) is 0 Å². The van der Waals surface area contributed by atoms with Crippen molar-refractivity contribution in [2.75, 3.05) is 6.54 Å². The Morgan fingerprint density at radius 1 is 0.914 bits per heavy atom. The molecular formula is C31H33NO3. The average Bonchev–Trinajstić information content (AvgIpc) is 3.09. The van der Waals surface area contributed by atoms with Crippen molar-refractivity contribution in [2.45, 2.75) is 52.5 Å². The minimum atomic E-state index is -0.646. The summed E-state index contributed by atoms with van der Waals surface area (Å²) < 4.78 is 0. The summed E-state index contributed by atoms with van der Waals surface area (Å²) in [6.07, 6.45) is 0.619. The van der Waals surface area contributed by atoms with E-state index < -0.39 is 17.7 Å². The van der Waals surface area contributed by atoms with Crippen molar-refractivity contribution in [1.82, 2.24) is 4.90 Å². The van der Waals surface area contributed by atoms with E-state index in [0.717, 1.165) is 27.8 Å². The quantitative estimate of drug-likeness (QED) is 0.273. The van der Waals surface area contributed by atoms with Gasteiger partial charge in [-0.3, -0.25) is 9.59 Å². The van der Waals surface area contributed by atoms with Crippen LogP contribution in [0.3, 0.4) is 0 Å². The summed E-state index contributed by atoms with van der Waals surface area (Å²) in [5, 5.41) is 11.4. The van der Waals surface area contributed by atoms with E-state index in [9.17, 15) is 14.7 Å². The molecule has 1 saturated heterocycles. The van der Waals surface area contributed by atoms with Gasteiger partial charge in [-0.05, 0) is 54.0 Å². The highest BCUT2D eigenvalue weighted by Gasteiger charge is 2.46. The number of aliphatic hydroxyl groups excluding tert-OH is 1. The van der Waals surface area contributed by atoms with Gasteiger partial charge in [0.1, 0.15) is 5.76 Å². The van der Waals surface area contributed by atoms with Crippen LogP contribution in [0.25, 0.3) is 5.76 Å². The maximum Gasteiger partial charge on any atom is 0.295 e. The SMILES string of the molecule is Cc1ccc(C)c(/C(O)=C2\C(=O)C(=O)N(CCc3ccccc3)C2c2ccc(C(C)(C)C)cc2)c1. The van der Waals surface area contributed by atoms with Gasteiger partial charge in [-0.2, -0.15) is 0 Å². The first-order valence-electron chi connectivity index (χ1n) is 12.1. The van der Waals surface area contributed by atoms with E-state index in [-0.39, 0.29) is 16.7 Å². The zero-order chi connectivity index (χ0) is 25.3. The monoisotopic (exact) mass is 467 g/mol. The Hall–Kier alpha value is -3.66. The van der Waals surface area contributed by atoms with E-state index in [1.165, 1.54) is 0 Å². The summed E-state index contributed by atoms with van der Waals surface area (Å²) in [5.41, 5.74) is 5.61. The number of hydrogen-bond acceptors (Lipinski definition) is 3. The van der Waals surface area contributed by atoms with E-state index in [4.69, 9.17) is 0 Å². The molecule has 0 saturated carbocycles. The molecule has 0 spiro atoms. The predicted molar refractivity (Wildman–Crippen MR) is 140 cm³/mol. The molecule has 4 heteroatoms. The summed E-state index contributed by atoms with van der Waals surface area (Å²) >= 11 is 0. The van der Waals surface area contributed by atoms with E-state index in [1.807, 2.05) is 86.6 Å². The molecule has 3 aromatic rings. The largest absolute Gasteiger partial charge is 0.507 e. The highest BCUT2D eigenvalue weighted by atomic mass is 16.3. The number of nitrogens with zero attached hydrogens (tertiary/aromatic N) is 1. The zero-order valence-corrected chi connectivity index (χ0v) is 21.1. The molecule has 0 bridgehead atoms. The van der Waals surface area contributed by atoms with Crippen molar-refractivity contribution in [3.05, 3.63) is 112 Å². The van der Waals surface area contributed by atoms with Gasteiger partial charge in [0.25, 0.3) is 11.7 Å². The van der Waals surface area contributed by atoms with Crippen LogP contribution in [-0.4, -0.2) is 28.2 Å². The Bertz CT molecular complexity index is 1280. The molecular weight excluding hydrogens is 434 g/mol. The standard InChI is InChI=1S/C31H33NO3/c1-20-11-12-21(2)25(19-20)28(33)26-27(23-13-15-24(16-14-23)31(3,4)5)32(30(35)29(26)34)18-17-22-9-7-6-8-10-22/h6-16,19,27,33H,17-18H2,1-5H3/b28-26+. The smallest absolute Gasteiger partial charge is 0.295 e. The third-order valence-electron chi connectivity index (χ3n) is 6.76. The number of carbonyl (C=O) groups excluding carboxylic acids is 2. The fourth-order valence-corrected chi connectivity index (χ4v) is 4.65. The molecule has 1 fully saturated rings. The second kappa shape index (κ2) is 9.53. The number of aryl methyl sites for hydroxylation is 2. The number of ketones is 1. The van der Waals surface area contributed by atoms with Crippen molar-refractivity contribution < 1.29 is 14.7 Å². The lowest BCUT2D eigenvalue weighted by Gasteiger charge is -2.26. The highest BCUT2D eigenvalue weighted by Crippen LogP contribution is 2.40. The van der Waals surface area contributed by atoms with Crippen LogP contribution in [0, 0.1) is 13.8 Å². The van der Waals surface area contributed by atoms with Gasteiger partial charge < -0.3 is 10.0 Å². The Morgan fingerprint density at radius 3 is 2.20 bits per heavy atom. The van der Waals surface area contributed by atoms with Crippen LogP contribution in [0.5, 0.6) is 0 Å². The third-order valence-corrected chi connectivity index (χ3v) is 6.76. The number of likely N-dealkylation sites (tertiary alicyclic amines) is 1. The second-order valence-electron chi connectivity index (χ2n) is 10.4. The minimum Gasteiger partial charge on any atom is -0.507 e. The van der Waals surface area contributed by atoms with Gasteiger partial charge in [0.2, 0.25) is 0 Å². The molecule has 1 atom stereocenters. The van der Waals surface area contributed by atoms with E-state index in [1.54, 1.807) is 4.90 Å². The van der Waals surface area contributed by atoms with E-state index in [2.05, 4.69) is 20.8 Å². The van der Waals surface area contributed by atoms with Crippen LogP contribution in [-0.2, 0) is 21.4 Å². The molecule has 1 aliphatic heterocycles. The Morgan fingerprint density at radius 2 is 1.57 bits per heavy atom. The maximum absolute atomic E-state index is 13.3. The van der Waals surface area contributed by atoms with Crippen molar-refractivity contribution in [3.8, 4) is 0 Å². The first-order valence-corrected chi connectivity index (χ1v) is 12.1. The fraction of sp³-hybridized carbons (Fsp3) is 0.290. The van der Waals surface area contributed by atoms with Crippen LogP contribution in [0.1, 0.15) is 60.2 Å². The summed E-state index contributed by atoms with van der Waals surface area (Å²) in [5.74, 6) is -1.32. The van der Waals surface area contributed by atoms with Gasteiger partial charge in [-0.25, -0.2) is 0 Å². The molecule has 0 aromatic heterocycles. The number of benzene rings is 3. The number of carbonyl (C=O) groups is 2. The predicted octanol–water partition coefficient (Wildman–Crippen LogP) is 6.27. The Balaban J connectivity index is 1.83. The zero-order valence-electron chi connectivity index (χ0n) is 21.1. The lowest BCUT2D eigenvalue weighted by atomic mass is 9.85. The van der Waals surface area contributed by atoms with Gasteiger partial charge in [-0.15, -0.1) is 0 Å². The first kappa shape index (κ1) is 24.5. The van der Waals surface area contributed by atoms with Crippen molar-refractivity contribution in [1.29, 1.82) is 0 Å². The van der Waals surface area contributed by atoms with Gasteiger partial charge in [0.15, 0.2) is 0 Å². The number of rotatable bonds is 5. The topological polar surface area (TPSA) is 57.6 Å². The van der Waals surface area contributed by atoms with Gasteiger partial charge in [0.05, 0.1) is 11.6 Å². The summed E-state index contributed by atoms with van der Waals surface area (Å²) in [4.78, 5) is 28.2.